The molecule has 0 saturated heterocycles. The van der Waals surface area contributed by atoms with Crippen molar-refractivity contribution in [3.63, 3.8) is 0 Å². The normalized spacial score (nSPS) is 13.3. The Morgan fingerprint density at radius 2 is 2.00 bits per heavy atom. The van der Waals surface area contributed by atoms with Crippen molar-refractivity contribution in [1.82, 2.24) is 5.32 Å². The van der Waals surface area contributed by atoms with Crippen LogP contribution in [0.1, 0.15) is 25.8 Å². The van der Waals surface area contributed by atoms with Crippen molar-refractivity contribution in [2.75, 3.05) is 20.2 Å². The highest BCUT2D eigenvalue weighted by Gasteiger charge is 2.18. The smallest absolute Gasteiger partial charge is 0.222 e. The van der Waals surface area contributed by atoms with Gasteiger partial charge in [0.1, 0.15) is 0 Å². The Kier molecular flexibility index (Phi) is 11.7. The minimum Gasteiger partial charge on any atom is -0.380 e. The maximum absolute atomic E-state index is 12.0. The minimum absolute atomic E-state index is 0. The molecule has 0 saturated carbocycles. The van der Waals surface area contributed by atoms with Crippen molar-refractivity contribution in [3.05, 3.63) is 33.8 Å². The van der Waals surface area contributed by atoms with Gasteiger partial charge in [0.05, 0.1) is 12.5 Å². The lowest BCUT2D eigenvalue weighted by atomic mass is 9.89. The molecule has 0 radical (unpaired) electrons. The molecule has 7 heteroatoms. The number of nitrogens with one attached hydrogen (secondary N) is 1. The molecule has 0 aliphatic heterocycles. The number of carbonyl (C=O) groups excluding carboxylic acids is 1. The average Bonchev–Trinajstić information content (AvgIpc) is 2.50. The van der Waals surface area contributed by atoms with E-state index in [2.05, 4.69) is 19.2 Å². The van der Waals surface area contributed by atoms with Crippen molar-refractivity contribution in [1.29, 1.82) is 0 Å². The Morgan fingerprint density at radius 1 is 1.33 bits per heavy atom. The zero-order chi connectivity index (χ0) is 17.4. The molecule has 138 valence electrons. The van der Waals surface area contributed by atoms with Crippen LogP contribution < -0.4 is 11.1 Å². The summed E-state index contributed by atoms with van der Waals surface area (Å²) in [4.78, 5) is 12.0. The van der Waals surface area contributed by atoms with E-state index in [1.54, 1.807) is 13.2 Å². The van der Waals surface area contributed by atoms with Gasteiger partial charge in [-0.3, -0.25) is 4.79 Å². The molecule has 0 fully saturated rings. The predicted molar refractivity (Wildman–Crippen MR) is 103 cm³/mol. The maximum Gasteiger partial charge on any atom is 0.222 e. The van der Waals surface area contributed by atoms with Crippen LogP contribution in [0.5, 0.6) is 0 Å². The van der Waals surface area contributed by atoms with E-state index in [4.69, 9.17) is 33.7 Å². The summed E-state index contributed by atoms with van der Waals surface area (Å²) in [7, 11) is 1.56. The first kappa shape index (κ1) is 23.5. The summed E-state index contributed by atoms with van der Waals surface area (Å²) in [5.41, 5.74) is 6.58. The van der Waals surface area contributed by atoms with Gasteiger partial charge in [0.15, 0.2) is 0 Å². The third-order valence-electron chi connectivity index (χ3n) is 4.01. The van der Waals surface area contributed by atoms with E-state index in [0.29, 0.717) is 29.1 Å². The number of carbonyl (C=O) groups is 1. The largest absolute Gasteiger partial charge is 0.380 e. The van der Waals surface area contributed by atoms with Crippen molar-refractivity contribution < 1.29 is 9.53 Å². The van der Waals surface area contributed by atoms with E-state index in [9.17, 15) is 4.79 Å². The summed E-state index contributed by atoms with van der Waals surface area (Å²) in [6, 6.07) is 5.53. The number of halogens is 3. The number of methoxy groups -OCH3 is 1. The highest BCUT2D eigenvalue weighted by Crippen LogP contribution is 2.25. The van der Waals surface area contributed by atoms with Gasteiger partial charge in [0.2, 0.25) is 5.91 Å². The van der Waals surface area contributed by atoms with Crippen LogP contribution in [-0.2, 0) is 16.0 Å². The number of nitrogens with two attached hydrogens (primary N) is 1. The fraction of sp³-hybridized carbons (Fsp3) is 0.588. The molecule has 24 heavy (non-hydrogen) atoms. The summed E-state index contributed by atoms with van der Waals surface area (Å²) < 4.78 is 5.13. The number of ether oxygens (including phenoxy) is 1. The molecule has 0 heterocycles. The van der Waals surface area contributed by atoms with Crippen LogP contribution >= 0.6 is 35.6 Å². The fourth-order valence-corrected chi connectivity index (χ4v) is 2.79. The lowest BCUT2D eigenvalue weighted by Crippen LogP contribution is -2.36. The fourth-order valence-electron chi connectivity index (χ4n) is 2.30. The SMILES string of the molecule is COC(CN)CC(=O)NCC(Cc1ccc(Cl)cc1Cl)C(C)C.Cl. The first-order chi connectivity index (χ1) is 10.9. The van der Waals surface area contributed by atoms with Crippen LogP contribution in [0.25, 0.3) is 0 Å². The summed E-state index contributed by atoms with van der Waals surface area (Å²) >= 11 is 12.2. The van der Waals surface area contributed by atoms with E-state index >= 15 is 0 Å². The predicted octanol–water partition coefficient (Wildman–Crippen LogP) is 3.71. The highest BCUT2D eigenvalue weighted by molar-refractivity contribution is 6.35. The van der Waals surface area contributed by atoms with Crippen LogP contribution in [0.4, 0.5) is 0 Å². The summed E-state index contributed by atoms with van der Waals surface area (Å²) in [5.74, 6) is 0.654. The lowest BCUT2D eigenvalue weighted by molar-refractivity contribution is -0.123. The Balaban J connectivity index is 0.00000529. The molecule has 0 bridgehead atoms. The number of hydrogen-bond acceptors (Lipinski definition) is 3. The van der Waals surface area contributed by atoms with Crippen molar-refractivity contribution in [2.45, 2.75) is 32.8 Å². The van der Waals surface area contributed by atoms with Crippen LogP contribution in [0.15, 0.2) is 18.2 Å². The van der Waals surface area contributed by atoms with E-state index < -0.39 is 0 Å². The Hall–Kier alpha value is -0.520. The van der Waals surface area contributed by atoms with Gasteiger partial charge in [0, 0.05) is 30.2 Å². The topological polar surface area (TPSA) is 64.3 Å². The lowest BCUT2D eigenvalue weighted by Gasteiger charge is -2.22. The minimum atomic E-state index is -0.238. The quantitative estimate of drug-likeness (QED) is 0.667. The van der Waals surface area contributed by atoms with E-state index in [1.165, 1.54) is 0 Å². The molecule has 1 amide bonds. The molecular formula is C17H27Cl3N2O2. The second kappa shape index (κ2) is 11.9. The van der Waals surface area contributed by atoms with Gasteiger partial charge in [-0.05, 0) is 36.0 Å². The maximum atomic E-state index is 12.0. The zero-order valence-electron chi connectivity index (χ0n) is 14.4. The van der Waals surface area contributed by atoms with E-state index in [1.807, 2.05) is 12.1 Å². The second-order valence-electron chi connectivity index (χ2n) is 6.05. The third-order valence-corrected chi connectivity index (χ3v) is 4.60. The molecule has 1 aromatic carbocycles. The molecule has 3 N–H and O–H groups in total. The summed E-state index contributed by atoms with van der Waals surface area (Å²) in [5, 5.41) is 4.26. The molecule has 2 unspecified atom stereocenters. The summed E-state index contributed by atoms with van der Waals surface area (Å²) in [6.45, 7) is 5.20. The first-order valence-corrected chi connectivity index (χ1v) is 8.56. The van der Waals surface area contributed by atoms with E-state index in [-0.39, 0.29) is 36.8 Å². The van der Waals surface area contributed by atoms with Gasteiger partial charge in [-0.2, -0.15) is 0 Å². The molecule has 1 rings (SSSR count). The second-order valence-corrected chi connectivity index (χ2v) is 6.89. The average molecular weight is 398 g/mol. The van der Waals surface area contributed by atoms with Gasteiger partial charge >= 0.3 is 0 Å². The Bertz CT molecular complexity index is 509. The molecule has 4 nitrogen and oxygen atoms in total. The molecule has 0 aliphatic carbocycles. The molecular weight excluding hydrogens is 371 g/mol. The van der Waals surface area contributed by atoms with Gasteiger partial charge in [-0.1, -0.05) is 43.1 Å². The first-order valence-electron chi connectivity index (χ1n) is 7.80. The van der Waals surface area contributed by atoms with Gasteiger partial charge in [-0.25, -0.2) is 0 Å². The number of benzene rings is 1. The molecule has 0 aliphatic rings. The molecule has 2 atom stereocenters. The summed E-state index contributed by atoms with van der Waals surface area (Å²) in [6.07, 6.45) is 0.830. The number of hydrogen-bond donors (Lipinski definition) is 2. The van der Waals surface area contributed by atoms with Crippen molar-refractivity contribution in [3.8, 4) is 0 Å². The zero-order valence-corrected chi connectivity index (χ0v) is 16.7. The van der Waals surface area contributed by atoms with Gasteiger partial charge < -0.3 is 15.8 Å². The van der Waals surface area contributed by atoms with Crippen LogP contribution in [0.2, 0.25) is 10.0 Å². The van der Waals surface area contributed by atoms with Crippen LogP contribution in [-0.4, -0.2) is 32.2 Å². The highest BCUT2D eigenvalue weighted by atomic mass is 35.5. The van der Waals surface area contributed by atoms with Crippen molar-refractivity contribution in [2.24, 2.45) is 17.6 Å². The Labute approximate surface area is 160 Å². The molecule has 0 aromatic heterocycles. The van der Waals surface area contributed by atoms with Gasteiger partial charge in [-0.15, -0.1) is 12.4 Å². The molecule has 1 aromatic rings. The van der Waals surface area contributed by atoms with Crippen LogP contribution in [0, 0.1) is 11.8 Å². The van der Waals surface area contributed by atoms with Crippen molar-refractivity contribution >= 4 is 41.5 Å². The monoisotopic (exact) mass is 396 g/mol. The standard InChI is InChI=1S/C17H26Cl2N2O2.ClH/c1-11(2)13(6-12-4-5-14(18)7-16(12)19)10-21-17(22)8-15(9-20)23-3;/h4-5,7,11,13,15H,6,8-10,20H2,1-3H3,(H,21,22);1H. The molecule has 0 spiro atoms. The van der Waals surface area contributed by atoms with Gasteiger partial charge in [0.25, 0.3) is 0 Å². The Morgan fingerprint density at radius 3 is 2.50 bits per heavy atom. The number of amides is 1. The third kappa shape index (κ3) is 8.04. The van der Waals surface area contributed by atoms with Crippen LogP contribution in [0.3, 0.4) is 0 Å². The van der Waals surface area contributed by atoms with E-state index in [0.717, 1.165) is 12.0 Å². The number of rotatable bonds is 9.